The van der Waals surface area contributed by atoms with Crippen molar-refractivity contribution in [2.24, 2.45) is 5.92 Å². The molecule has 0 bridgehead atoms. The van der Waals surface area contributed by atoms with Gasteiger partial charge in [0.15, 0.2) is 5.78 Å². The normalized spacial score (nSPS) is 18.4. The molecule has 0 aliphatic carbocycles. The van der Waals surface area contributed by atoms with Crippen LogP contribution in [0.25, 0.3) is 0 Å². The van der Waals surface area contributed by atoms with E-state index in [0.29, 0.717) is 25.0 Å². The van der Waals surface area contributed by atoms with Crippen molar-refractivity contribution in [2.45, 2.75) is 32.1 Å². The quantitative estimate of drug-likeness (QED) is 0.479. The molecule has 1 aromatic rings. The summed E-state index contributed by atoms with van der Waals surface area (Å²) in [6.07, 6.45) is 0.870. The van der Waals surface area contributed by atoms with Crippen molar-refractivity contribution in [2.75, 3.05) is 6.61 Å². The Balaban J connectivity index is 2.18. The number of rotatable bonds is 4. The lowest BCUT2D eigenvalue weighted by molar-refractivity contribution is -0.140. The maximum atomic E-state index is 12.2. The molecule has 4 heteroatoms. The number of cyclic esters (lactones) is 1. The Hall–Kier alpha value is -2.15. The molecule has 20 heavy (non-hydrogen) atoms. The predicted octanol–water partition coefficient (Wildman–Crippen LogP) is 2.62. The number of esters is 1. The molecule has 0 amide bonds. The lowest BCUT2D eigenvalue weighted by Crippen LogP contribution is -2.20. The Labute approximate surface area is 118 Å². The van der Waals surface area contributed by atoms with Crippen LogP contribution in [-0.2, 0) is 14.9 Å². The lowest BCUT2D eigenvalue weighted by Gasteiger charge is -2.22. The molecule has 0 N–H and O–H groups in total. The zero-order valence-electron chi connectivity index (χ0n) is 11.7. The van der Waals surface area contributed by atoms with E-state index in [1.54, 1.807) is 12.1 Å². The first-order valence-electron chi connectivity index (χ1n) is 6.64. The molecule has 1 unspecified atom stereocenters. The Kier molecular flexibility index (Phi) is 3.89. The van der Waals surface area contributed by atoms with Gasteiger partial charge in [-0.05, 0) is 5.56 Å². The molecule has 1 aliphatic heterocycles. The molecule has 0 radical (unpaired) electrons. The fourth-order valence-electron chi connectivity index (χ4n) is 2.32. The molecular formula is C16H17NO3. The average Bonchev–Trinajstić information content (AvgIpc) is 2.84. The van der Waals surface area contributed by atoms with Crippen LogP contribution in [0.3, 0.4) is 0 Å². The summed E-state index contributed by atoms with van der Waals surface area (Å²) >= 11 is 0. The van der Waals surface area contributed by atoms with Gasteiger partial charge in [-0.15, -0.1) is 0 Å². The van der Waals surface area contributed by atoms with Gasteiger partial charge in [0.25, 0.3) is 0 Å². The third-order valence-corrected chi connectivity index (χ3v) is 3.72. The standard InChI is InChI=1S/C16H17NO3/c1-16(2,8-9-17)12-5-3-11(4-6-12)14(18)13-7-10-20-15(13)19/h3-6,13H,7-8,10H2,1-2H3. The van der Waals surface area contributed by atoms with Crippen molar-refractivity contribution in [1.82, 2.24) is 0 Å². The van der Waals surface area contributed by atoms with E-state index in [4.69, 9.17) is 10.00 Å². The first kappa shape index (κ1) is 14.3. The summed E-state index contributed by atoms with van der Waals surface area (Å²) in [7, 11) is 0. The monoisotopic (exact) mass is 271 g/mol. The van der Waals surface area contributed by atoms with Crippen LogP contribution in [0, 0.1) is 17.2 Å². The van der Waals surface area contributed by atoms with Crippen LogP contribution >= 0.6 is 0 Å². The van der Waals surface area contributed by atoms with E-state index >= 15 is 0 Å². The molecule has 1 heterocycles. The summed E-state index contributed by atoms with van der Waals surface area (Å²) in [5, 5.41) is 8.82. The van der Waals surface area contributed by atoms with Crippen LogP contribution in [-0.4, -0.2) is 18.4 Å². The van der Waals surface area contributed by atoms with Gasteiger partial charge in [-0.3, -0.25) is 9.59 Å². The maximum Gasteiger partial charge on any atom is 0.316 e. The molecule has 0 spiro atoms. The fraction of sp³-hybridized carbons (Fsp3) is 0.438. The van der Waals surface area contributed by atoms with E-state index in [1.165, 1.54) is 0 Å². The number of ketones is 1. The smallest absolute Gasteiger partial charge is 0.316 e. The first-order chi connectivity index (χ1) is 9.45. The maximum absolute atomic E-state index is 12.2. The number of hydrogen-bond acceptors (Lipinski definition) is 4. The van der Waals surface area contributed by atoms with Crippen LogP contribution in [0.15, 0.2) is 24.3 Å². The molecule has 4 nitrogen and oxygen atoms in total. The molecule has 1 atom stereocenters. The highest BCUT2D eigenvalue weighted by Gasteiger charge is 2.33. The zero-order valence-corrected chi connectivity index (χ0v) is 11.7. The van der Waals surface area contributed by atoms with Crippen molar-refractivity contribution in [3.8, 4) is 6.07 Å². The number of carbonyl (C=O) groups is 2. The van der Waals surface area contributed by atoms with Gasteiger partial charge in [0, 0.05) is 23.8 Å². The van der Waals surface area contributed by atoms with Crippen molar-refractivity contribution in [3.63, 3.8) is 0 Å². The van der Waals surface area contributed by atoms with Crippen LogP contribution < -0.4 is 0 Å². The number of ether oxygens (including phenoxy) is 1. The predicted molar refractivity (Wildman–Crippen MR) is 73.1 cm³/mol. The molecule has 1 aromatic carbocycles. The Bertz CT molecular complexity index is 566. The number of hydrogen-bond donors (Lipinski definition) is 0. The van der Waals surface area contributed by atoms with Gasteiger partial charge in [0.1, 0.15) is 5.92 Å². The van der Waals surface area contributed by atoms with Gasteiger partial charge in [-0.1, -0.05) is 38.1 Å². The van der Waals surface area contributed by atoms with Crippen molar-refractivity contribution in [1.29, 1.82) is 5.26 Å². The second-order valence-corrected chi connectivity index (χ2v) is 5.67. The SMILES string of the molecule is CC(C)(CC#N)c1ccc(C(=O)C2CCOC2=O)cc1. The Morgan fingerprint density at radius 3 is 2.55 bits per heavy atom. The molecule has 0 aromatic heterocycles. The van der Waals surface area contributed by atoms with E-state index in [-0.39, 0.29) is 11.2 Å². The largest absolute Gasteiger partial charge is 0.465 e. The van der Waals surface area contributed by atoms with Crippen LogP contribution in [0.1, 0.15) is 42.6 Å². The summed E-state index contributed by atoms with van der Waals surface area (Å²) in [6, 6.07) is 9.32. The van der Waals surface area contributed by atoms with Gasteiger partial charge in [-0.25, -0.2) is 0 Å². The number of nitriles is 1. The van der Waals surface area contributed by atoms with Gasteiger partial charge in [0.05, 0.1) is 12.7 Å². The summed E-state index contributed by atoms with van der Waals surface area (Å²) < 4.78 is 4.82. The first-order valence-corrected chi connectivity index (χ1v) is 6.64. The zero-order chi connectivity index (χ0) is 14.8. The molecule has 1 saturated heterocycles. The highest BCUT2D eigenvalue weighted by Crippen LogP contribution is 2.27. The second-order valence-electron chi connectivity index (χ2n) is 5.67. The number of benzene rings is 1. The third-order valence-electron chi connectivity index (χ3n) is 3.72. The summed E-state index contributed by atoms with van der Waals surface area (Å²) in [5.41, 5.74) is 1.28. The highest BCUT2D eigenvalue weighted by molar-refractivity contribution is 6.09. The van der Waals surface area contributed by atoms with Crippen molar-refractivity contribution in [3.05, 3.63) is 35.4 Å². The summed E-state index contributed by atoms with van der Waals surface area (Å²) in [5.74, 6) is -1.27. The second kappa shape index (κ2) is 5.46. The fourth-order valence-corrected chi connectivity index (χ4v) is 2.32. The molecule has 104 valence electrons. The number of Topliss-reactive ketones (excluding diaryl/α,β-unsaturated/α-hetero) is 1. The van der Waals surface area contributed by atoms with Gasteiger partial charge < -0.3 is 4.74 Å². The Morgan fingerprint density at radius 1 is 1.40 bits per heavy atom. The van der Waals surface area contributed by atoms with Gasteiger partial charge in [-0.2, -0.15) is 5.26 Å². The van der Waals surface area contributed by atoms with Crippen molar-refractivity contribution < 1.29 is 14.3 Å². The lowest BCUT2D eigenvalue weighted by atomic mass is 9.81. The number of carbonyl (C=O) groups excluding carboxylic acids is 2. The van der Waals surface area contributed by atoms with Gasteiger partial charge in [0.2, 0.25) is 0 Å². The molecule has 2 rings (SSSR count). The summed E-state index contributed by atoms with van der Waals surface area (Å²) in [4.78, 5) is 23.6. The minimum absolute atomic E-state index is 0.183. The molecule has 0 saturated carbocycles. The molecular weight excluding hydrogens is 254 g/mol. The summed E-state index contributed by atoms with van der Waals surface area (Å²) in [6.45, 7) is 4.30. The van der Waals surface area contributed by atoms with Crippen LogP contribution in [0.5, 0.6) is 0 Å². The van der Waals surface area contributed by atoms with Crippen LogP contribution in [0.4, 0.5) is 0 Å². The van der Waals surface area contributed by atoms with E-state index in [1.807, 2.05) is 26.0 Å². The average molecular weight is 271 g/mol. The molecule has 1 aliphatic rings. The third kappa shape index (κ3) is 2.72. The van der Waals surface area contributed by atoms with E-state index in [0.717, 1.165) is 5.56 Å². The minimum Gasteiger partial charge on any atom is -0.465 e. The van der Waals surface area contributed by atoms with Crippen molar-refractivity contribution >= 4 is 11.8 Å². The van der Waals surface area contributed by atoms with E-state index in [9.17, 15) is 9.59 Å². The minimum atomic E-state index is -0.659. The topological polar surface area (TPSA) is 67.2 Å². The van der Waals surface area contributed by atoms with E-state index in [2.05, 4.69) is 6.07 Å². The van der Waals surface area contributed by atoms with Gasteiger partial charge >= 0.3 is 5.97 Å². The number of nitrogens with zero attached hydrogens (tertiary/aromatic N) is 1. The van der Waals surface area contributed by atoms with E-state index < -0.39 is 11.9 Å². The Morgan fingerprint density at radius 2 is 2.05 bits per heavy atom. The highest BCUT2D eigenvalue weighted by atomic mass is 16.5. The van der Waals surface area contributed by atoms with Crippen LogP contribution in [0.2, 0.25) is 0 Å². The molecule has 1 fully saturated rings.